The quantitative estimate of drug-likeness (QED) is 0.539. The van der Waals surface area contributed by atoms with Crippen molar-refractivity contribution in [1.29, 1.82) is 5.26 Å². The zero-order valence-electron chi connectivity index (χ0n) is 1.62. The van der Waals surface area contributed by atoms with Gasteiger partial charge in [0, 0.05) is 16.5 Å². The van der Waals surface area contributed by atoms with Crippen molar-refractivity contribution in [2.45, 2.75) is 0 Å². The van der Waals surface area contributed by atoms with E-state index in [4.69, 9.17) is 5.26 Å². The molecule has 4 heteroatoms. The fourth-order valence-electron chi connectivity index (χ4n) is 0. The summed E-state index contributed by atoms with van der Waals surface area (Å²) < 4.78 is 0. The minimum Gasteiger partial charge on any atom is 0 e. The van der Waals surface area contributed by atoms with Crippen LogP contribution in [0.1, 0.15) is 0 Å². The summed E-state index contributed by atoms with van der Waals surface area (Å²) in [6.07, 6.45) is 0. The molecule has 0 unspecified atom stereocenters. The van der Waals surface area contributed by atoms with Crippen LogP contribution in [0.25, 0.3) is 0 Å². The first-order valence-electron chi connectivity index (χ1n) is 0.400. The molecule has 0 N–H and O–H groups in total. The molecule has 0 aromatic carbocycles. The molecule has 29 valence electrons. The van der Waals surface area contributed by atoms with E-state index in [-0.39, 0.29) is 85.4 Å². The number of hydrogen-bond donors (Lipinski definition) is 0. The minimum atomic E-state index is 0. The van der Waals surface area contributed by atoms with Gasteiger partial charge in [0.05, 0.1) is 0 Å². The van der Waals surface area contributed by atoms with Crippen molar-refractivity contribution in [2.24, 2.45) is 0 Å². The standard InChI is InChI=1S/CN.Cs.Fe.Ni.H/c1-2;;;;. The molecule has 0 rings (SSSR count). The van der Waals surface area contributed by atoms with Crippen LogP contribution in [0, 0.1) is 10.2 Å². The van der Waals surface area contributed by atoms with Crippen molar-refractivity contribution in [3.05, 3.63) is 0 Å². The van der Waals surface area contributed by atoms with Gasteiger partial charge in [-0.25, -0.2) is 0 Å². The number of rotatable bonds is 0. The van der Waals surface area contributed by atoms with Crippen LogP contribution in [-0.4, -0.2) is 68.9 Å². The van der Waals surface area contributed by atoms with Gasteiger partial charge in [0.2, 0.25) is 0 Å². The van der Waals surface area contributed by atoms with Crippen molar-refractivity contribution in [2.75, 3.05) is 0 Å². The second-order valence-corrected chi connectivity index (χ2v) is 0.326. The molecule has 0 radical (unpaired) electrons. The molecule has 0 amide bonds. The van der Waals surface area contributed by atoms with E-state index in [1.807, 2.05) is 0 Å². The molecule has 0 aliphatic heterocycles. The van der Waals surface area contributed by atoms with Crippen molar-refractivity contribution in [3.63, 3.8) is 0 Å². The van der Waals surface area contributed by atoms with Crippen LogP contribution in [0.15, 0.2) is 0 Å². The van der Waals surface area contributed by atoms with Crippen LogP contribution < -0.4 is 0 Å². The molecule has 0 aliphatic rings. The van der Waals surface area contributed by atoms with E-state index in [0.717, 1.165) is 0 Å². The first-order valence-corrected chi connectivity index (χ1v) is 0.952. The normalized spacial score (nSPS) is 1.60. The number of nitriles is 1. The Hall–Kier alpha value is 2.55. The van der Waals surface area contributed by atoms with Crippen LogP contribution >= 0.6 is 0 Å². The average Bonchev–Trinajstić information content (AvgIpc) is 0.918. The van der Waals surface area contributed by atoms with Gasteiger partial charge in [0.25, 0.3) is 0 Å². The minimum absolute atomic E-state index is 0. The first-order chi connectivity index (χ1) is 1.41. The monoisotopic (exact) mass is 274 g/mol. The molecule has 5 heavy (non-hydrogen) atoms. The Morgan fingerprint density at radius 1 is 1.60 bits per heavy atom. The Morgan fingerprint density at radius 3 is 1.60 bits per heavy atom. The van der Waals surface area contributed by atoms with Crippen molar-refractivity contribution < 1.29 is 32.5 Å². The third-order valence-electron chi connectivity index (χ3n) is 0. The molecule has 0 spiro atoms. The van der Waals surface area contributed by atoms with Gasteiger partial charge in [0.15, 0.2) is 0 Å². The van der Waals surface area contributed by atoms with E-state index in [0.29, 0.717) is 0 Å². The van der Waals surface area contributed by atoms with E-state index in [1.54, 1.807) is 0 Å². The van der Waals surface area contributed by atoms with Gasteiger partial charge in [-0.2, -0.15) is 0 Å². The van der Waals surface area contributed by atoms with Crippen molar-refractivity contribution in [3.8, 4) is 4.97 Å². The van der Waals surface area contributed by atoms with E-state index in [9.17, 15) is 0 Å². The molecule has 0 atom stereocenters. The number of nitrogens with zero attached hydrogens (tertiary/aromatic N) is 1. The summed E-state index contributed by atoms with van der Waals surface area (Å²) in [7, 11) is 0. The predicted molar refractivity (Wildman–Crippen MR) is 12.8 cm³/mol. The molecule has 0 bridgehead atoms. The van der Waals surface area contributed by atoms with E-state index in [1.165, 1.54) is 4.97 Å². The smallest absolute Gasteiger partial charge is 0 e. The maximum Gasteiger partial charge on any atom is 0 e. The molecule has 0 fully saturated rings. The van der Waals surface area contributed by atoms with Gasteiger partial charge < -0.3 is 0 Å². The largest absolute Gasteiger partial charge is 0 e. The summed E-state index contributed by atoms with van der Waals surface area (Å²) >= 11 is 2.79. The summed E-state index contributed by atoms with van der Waals surface area (Å²) in [4.78, 5) is 1.50. The summed E-state index contributed by atoms with van der Waals surface area (Å²) in [6, 6.07) is 0. The van der Waals surface area contributed by atoms with Crippen molar-refractivity contribution in [1.82, 2.24) is 0 Å². The average molecular weight is 274 g/mol. The van der Waals surface area contributed by atoms with Gasteiger partial charge in [-0.3, -0.25) is 0 Å². The van der Waals surface area contributed by atoms with Gasteiger partial charge in [-0.15, -0.1) is 0 Å². The van der Waals surface area contributed by atoms with Crippen LogP contribution in [0.5, 0.6) is 0 Å². The topological polar surface area (TPSA) is 23.8 Å². The zero-order valence-corrected chi connectivity index (χ0v) is 3.71. The second-order valence-electron chi connectivity index (χ2n) is 0.0791. The maximum atomic E-state index is 7.21. The Balaban J connectivity index is -0.0000000200. The van der Waals surface area contributed by atoms with E-state index in [2.05, 4.69) is 16.0 Å². The van der Waals surface area contributed by atoms with Gasteiger partial charge in [-0.1, -0.05) is 0 Å². The third-order valence-corrected chi connectivity index (χ3v) is 0. The molecule has 0 saturated heterocycles. The van der Waals surface area contributed by atoms with Crippen LogP contribution in [0.3, 0.4) is 0 Å². The summed E-state index contributed by atoms with van der Waals surface area (Å²) in [5, 5.41) is 7.21. The molecule has 1 nitrogen and oxygen atoms in total. The van der Waals surface area contributed by atoms with Gasteiger partial charge in [-0.05, 0) is 0 Å². The molecule has 0 aromatic heterocycles. The summed E-state index contributed by atoms with van der Waals surface area (Å²) in [5.74, 6) is 0. The molecule has 0 saturated carbocycles. The van der Waals surface area contributed by atoms with Crippen LogP contribution in [0.4, 0.5) is 0 Å². The predicted octanol–water partition coefficient (Wildman–Crippen LogP) is -0.637. The number of hydrogen-bond acceptors (Lipinski definition) is 1. The molecule has 0 aliphatic carbocycles. The molecule has 0 aromatic rings. The molecular formula is CHCsFeNNi. The third kappa shape index (κ3) is 20.8. The van der Waals surface area contributed by atoms with Crippen LogP contribution in [-0.2, 0) is 32.5 Å². The van der Waals surface area contributed by atoms with E-state index >= 15 is 0 Å². The Labute approximate surface area is 108 Å². The van der Waals surface area contributed by atoms with E-state index < -0.39 is 0 Å². The van der Waals surface area contributed by atoms with Crippen molar-refractivity contribution >= 4 is 68.9 Å². The fraction of sp³-hybridized carbons (Fsp3) is 0. The summed E-state index contributed by atoms with van der Waals surface area (Å²) in [6.45, 7) is 0. The molecule has 0 heterocycles. The zero-order chi connectivity index (χ0) is 2.71. The molecular weight excluding hydrogens is 273 g/mol. The Bertz CT molecular complexity index is 33.1. The van der Waals surface area contributed by atoms with Gasteiger partial charge >= 0.3 is 95.1 Å². The SMILES string of the molecule is N#[C][Fe].[CsH].[Ni]. The fourth-order valence-corrected chi connectivity index (χ4v) is 0. The Morgan fingerprint density at radius 2 is 1.60 bits per heavy atom. The van der Waals surface area contributed by atoms with Crippen LogP contribution in [0.2, 0.25) is 0 Å². The Kier molecular flexibility index (Phi) is 50.1. The van der Waals surface area contributed by atoms with Gasteiger partial charge in [0.1, 0.15) is 0 Å². The maximum absolute atomic E-state index is 7.21. The first kappa shape index (κ1) is 15.6. The summed E-state index contributed by atoms with van der Waals surface area (Å²) in [5.41, 5.74) is 0. The second kappa shape index (κ2) is 16.0.